The molecule has 0 aliphatic rings. The third-order valence-corrected chi connectivity index (χ3v) is 2.87. The SMILES string of the molecule is CCCC(O)CNC(=O)CCCc1ccccc1. The van der Waals surface area contributed by atoms with E-state index in [0.717, 1.165) is 25.7 Å². The largest absolute Gasteiger partial charge is 0.391 e. The van der Waals surface area contributed by atoms with E-state index in [1.165, 1.54) is 5.56 Å². The molecule has 0 saturated heterocycles. The Balaban J connectivity index is 2.10. The molecule has 3 heteroatoms. The van der Waals surface area contributed by atoms with Crippen LogP contribution in [0, 0.1) is 0 Å². The summed E-state index contributed by atoms with van der Waals surface area (Å²) in [6, 6.07) is 10.2. The van der Waals surface area contributed by atoms with Crippen LogP contribution in [0.5, 0.6) is 0 Å². The molecule has 1 aromatic carbocycles. The van der Waals surface area contributed by atoms with Crippen molar-refractivity contribution in [2.45, 2.75) is 45.1 Å². The Morgan fingerprint density at radius 1 is 1.33 bits per heavy atom. The molecular weight excluding hydrogens is 226 g/mol. The van der Waals surface area contributed by atoms with Gasteiger partial charge in [0.1, 0.15) is 0 Å². The van der Waals surface area contributed by atoms with Crippen LogP contribution in [-0.2, 0) is 11.2 Å². The summed E-state index contributed by atoms with van der Waals surface area (Å²) < 4.78 is 0. The molecule has 0 aliphatic heterocycles. The van der Waals surface area contributed by atoms with Crippen molar-refractivity contribution in [2.75, 3.05) is 6.54 Å². The quantitative estimate of drug-likeness (QED) is 0.742. The molecule has 1 unspecified atom stereocenters. The lowest BCUT2D eigenvalue weighted by Gasteiger charge is -2.10. The van der Waals surface area contributed by atoms with Crippen molar-refractivity contribution in [3.8, 4) is 0 Å². The monoisotopic (exact) mass is 249 g/mol. The first-order chi connectivity index (χ1) is 8.72. The smallest absolute Gasteiger partial charge is 0.220 e. The Morgan fingerprint density at radius 3 is 2.72 bits per heavy atom. The van der Waals surface area contributed by atoms with Crippen LogP contribution in [0.1, 0.15) is 38.2 Å². The van der Waals surface area contributed by atoms with Crippen molar-refractivity contribution in [3.63, 3.8) is 0 Å². The van der Waals surface area contributed by atoms with Crippen LogP contribution >= 0.6 is 0 Å². The fraction of sp³-hybridized carbons (Fsp3) is 0.533. The Morgan fingerprint density at radius 2 is 2.06 bits per heavy atom. The molecule has 1 amide bonds. The number of aliphatic hydroxyl groups excluding tert-OH is 1. The first-order valence-electron chi connectivity index (χ1n) is 6.71. The minimum atomic E-state index is -0.409. The van der Waals surface area contributed by atoms with E-state index in [-0.39, 0.29) is 5.91 Å². The minimum Gasteiger partial charge on any atom is -0.391 e. The van der Waals surface area contributed by atoms with Gasteiger partial charge in [-0.25, -0.2) is 0 Å². The molecule has 0 radical (unpaired) electrons. The number of aliphatic hydroxyl groups is 1. The topological polar surface area (TPSA) is 49.3 Å². The summed E-state index contributed by atoms with van der Waals surface area (Å²) >= 11 is 0. The lowest BCUT2D eigenvalue weighted by molar-refractivity contribution is -0.121. The Hall–Kier alpha value is -1.35. The first-order valence-corrected chi connectivity index (χ1v) is 6.71. The predicted octanol–water partition coefficient (Wildman–Crippen LogP) is 2.29. The van der Waals surface area contributed by atoms with E-state index in [9.17, 15) is 9.90 Å². The van der Waals surface area contributed by atoms with Crippen molar-refractivity contribution in [1.29, 1.82) is 0 Å². The van der Waals surface area contributed by atoms with E-state index < -0.39 is 6.10 Å². The fourth-order valence-electron chi connectivity index (χ4n) is 1.85. The van der Waals surface area contributed by atoms with Crippen LogP contribution < -0.4 is 5.32 Å². The maximum atomic E-state index is 11.5. The number of nitrogens with one attached hydrogen (secondary N) is 1. The van der Waals surface area contributed by atoms with Crippen molar-refractivity contribution in [2.24, 2.45) is 0 Å². The fourth-order valence-corrected chi connectivity index (χ4v) is 1.85. The number of carbonyl (C=O) groups excluding carboxylic acids is 1. The average molecular weight is 249 g/mol. The molecule has 18 heavy (non-hydrogen) atoms. The second-order valence-corrected chi connectivity index (χ2v) is 4.59. The van der Waals surface area contributed by atoms with Crippen molar-refractivity contribution >= 4 is 5.91 Å². The number of hydrogen-bond donors (Lipinski definition) is 2. The molecule has 0 spiro atoms. The van der Waals surface area contributed by atoms with Crippen LogP contribution in [0.2, 0.25) is 0 Å². The lowest BCUT2D eigenvalue weighted by atomic mass is 10.1. The molecule has 0 saturated carbocycles. The standard InChI is InChI=1S/C15H23NO2/c1-2-7-14(17)12-16-15(18)11-6-10-13-8-4-3-5-9-13/h3-5,8-9,14,17H,2,6-7,10-12H2,1H3,(H,16,18). The highest BCUT2D eigenvalue weighted by atomic mass is 16.3. The van der Waals surface area contributed by atoms with Gasteiger partial charge in [-0.1, -0.05) is 43.7 Å². The normalized spacial score (nSPS) is 12.1. The highest BCUT2D eigenvalue weighted by Gasteiger charge is 2.05. The van der Waals surface area contributed by atoms with Gasteiger partial charge in [-0.15, -0.1) is 0 Å². The van der Waals surface area contributed by atoms with Gasteiger partial charge >= 0.3 is 0 Å². The molecule has 1 atom stereocenters. The van der Waals surface area contributed by atoms with E-state index in [1.54, 1.807) is 0 Å². The van der Waals surface area contributed by atoms with E-state index in [1.807, 2.05) is 25.1 Å². The van der Waals surface area contributed by atoms with E-state index >= 15 is 0 Å². The number of benzene rings is 1. The van der Waals surface area contributed by atoms with Crippen molar-refractivity contribution in [1.82, 2.24) is 5.32 Å². The number of carbonyl (C=O) groups is 1. The Labute approximate surface area is 109 Å². The molecule has 0 aromatic heterocycles. The third kappa shape index (κ3) is 6.40. The van der Waals surface area contributed by atoms with Crippen LogP contribution in [-0.4, -0.2) is 23.7 Å². The van der Waals surface area contributed by atoms with Gasteiger partial charge in [-0.05, 0) is 24.8 Å². The summed E-state index contributed by atoms with van der Waals surface area (Å²) in [5.74, 6) is 0.0288. The summed E-state index contributed by atoms with van der Waals surface area (Å²) in [7, 11) is 0. The Bertz CT molecular complexity index is 338. The van der Waals surface area contributed by atoms with E-state index in [2.05, 4.69) is 17.4 Å². The van der Waals surface area contributed by atoms with Crippen LogP contribution in [0.4, 0.5) is 0 Å². The molecule has 0 heterocycles. The zero-order valence-electron chi connectivity index (χ0n) is 11.1. The number of aryl methyl sites for hydroxylation is 1. The zero-order valence-corrected chi connectivity index (χ0v) is 11.1. The van der Waals surface area contributed by atoms with Gasteiger partial charge in [0.2, 0.25) is 5.91 Å². The van der Waals surface area contributed by atoms with Crippen molar-refractivity contribution in [3.05, 3.63) is 35.9 Å². The number of rotatable bonds is 8. The van der Waals surface area contributed by atoms with Crippen LogP contribution in [0.25, 0.3) is 0 Å². The number of amides is 1. The molecular formula is C15H23NO2. The average Bonchev–Trinajstić information content (AvgIpc) is 2.38. The summed E-state index contributed by atoms with van der Waals surface area (Å²) in [5, 5.41) is 12.3. The molecule has 3 nitrogen and oxygen atoms in total. The third-order valence-electron chi connectivity index (χ3n) is 2.87. The van der Waals surface area contributed by atoms with Crippen molar-refractivity contribution < 1.29 is 9.90 Å². The van der Waals surface area contributed by atoms with Gasteiger partial charge in [0.25, 0.3) is 0 Å². The second-order valence-electron chi connectivity index (χ2n) is 4.59. The van der Waals surface area contributed by atoms with Crippen LogP contribution in [0.15, 0.2) is 30.3 Å². The molecule has 2 N–H and O–H groups in total. The molecule has 0 bridgehead atoms. The van der Waals surface area contributed by atoms with E-state index in [4.69, 9.17) is 0 Å². The number of hydrogen-bond acceptors (Lipinski definition) is 2. The predicted molar refractivity (Wildman–Crippen MR) is 73.3 cm³/mol. The highest BCUT2D eigenvalue weighted by molar-refractivity contribution is 5.75. The second kappa shape index (κ2) is 8.70. The van der Waals surface area contributed by atoms with E-state index in [0.29, 0.717) is 13.0 Å². The van der Waals surface area contributed by atoms with Gasteiger partial charge in [0, 0.05) is 13.0 Å². The van der Waals surface area contributed by atoms with Crippen LogP contribution in [0.3, 0.4) is 0 Å². The molecule has 0 aliphatic carbocycles. The minimum absolute atomic E-state index is 0.0288. The van der Waals surface area contributed by atoms with Gasteiger partial charge in [0.05, 0.1) is 6.10 Å². The van der Waals surface area contributed by atoms with Gasteiger partial charge < -0.3 is 10.4 Å². The summed E-state index contributed by atoms with van der Waals surface area (Å²) in [4.78, 5) is 11.5. The van der Waals surface area contributed by atoms with Gasteiger partial charge in [-0.3, -0.25) is 4.79 Å². The molecule has 100 valence electrons. The summed E-state index contributed by atoms with van der Waals surface area (Å²) in [6.45, 7) is 2.39. The first kappa shape index (κ1) is 14.7. The van der Waals surface area contributed by atoms with Gasteiger partial charge in [-0.2, -0.15) is 0 Å². The maximum absolute atomic E-state index is 11.5. The molecule has 1 aromatic rings. The summed E-state index contributed by atoms with van der Waals surface area (Å²) in [5.41, 5.74) is 1.26. The van der Waals surface area contributed by atoms with Gasteiger partial charge in [0.15, 0.2) is 0 Å². The lowest BCUT2D eigenvalue weighted by Crippen LogP contribution is -2.31. The zero-order chi connectivity index (χ0) is 13.2. The highest BCUT2D eigenvalue weighted by Crippen LogP contribution is 2.04. The summed E-state index contributed by atoms with van der Waals surface area (Å²) in [6.07, 6.45) is 3.56. The Kier molecular flexibility index (Phi) is 7.11. The maximum Gasteiger partial charge on any atom is 0.220 e. The molecule has 1 rings (SSSR count). The molecule has 0 fully saturated rings.